The van der Waals surface area contributed by atoms with E-state index in [4.69, 9.17) is 0 Å². The van der Waals surface area contributed by atoms with Gasteiger partial charge in [0, 0.05) is 19.2 Å². The summed E-state index contributed by atoms with van der Waals surface area (Å²) < 4.78 is 0. The normalized spacial score (nSPS) is 17.1. The number of hydrogen-bond donors (Lipinski definition) is 2. The summed E-state index contributed by atoms with van der Waals surface area (Å²) in [7, 11) is 2.01. The van der Waals surface area contributed by atoms with E-state index in [0.29, 0.717) is 6.54 Å². The van der Waals surface area contributed by atoms with E-state index < -0.39 is 0 Å². The molecule has 1 aromatic carbocycles. The van der Waals surface area contributed by atoms with Crippen LogP contribution >= 0.6 is 0 Å². The van der Waals surface area contributed by atoms with Crippen molar-refractivity contribution in [1.82, 2.24) is 9.88 Å². The average molecular weight is 269 g/mol. The van der Waals surface area contributed by atoms with Gasteiger partial charge in [0.05, 0.1) is 6.61 Å². The smallest absolute Gasteiger partial charge is 0.130 e. The van der Waals surface area contributed by atoms with E-state index in [1.807, 2.05) is 19.3 Å². The van der Waals surface area contributed by atoms with E-state index in [2.05, 4.69) is 45.5 Å². The maximum absolute atomic E-state index is 9.20. The molecule has 0 saturated heterocycles. The third kappa shape index (κ3) is 2.40. The average Bonchev–Trinajstić information content (AvgIpc) is 2.64. The molecule has 1 atom stereocenters. The van der Waals surface area contributed by atoms with Gasteiger partial charge in [0.2, 0.25) is 0 Å². The van der Waals surface area contributed by atoms with Crippen LogP contribution in [0.3, 0.4) is 0 Å². The van der Waals surface area contributed by atoms with Crippen molar-refractivity contribution in [3.63, 3.8) is 0 Å². The number of likely N-dealkylation sites (N-methyl/N-ethyl adjacent to an activating group) is 1. The second kappa shape index (κ2) is 5.61. The summed E-state index contributed by atoms with van der Waals surface area (Å²) in [4.78, 5) is 6.57. The molecule has 0 aliphatic carbocycles. The lowest BCUT2D eigenvalue weighted by Crippen LogP contribution is -2.33. The van der Waals surface area contributed by atoms with Gasteiger partial charge in [0.1, 0.15) is 12.0 Å². The standard InChI is InChI=1S/C16H19N3O/c1-19(9-10-20)16-14-7-3-2-5-12(14)11-13-6-4-8-17-15(13)18-16/h2-8,16,20H,9-11H2,1H3,(H,17,18). The van der Waals surface area contributed by atoms with Gasteiger partial charge in [-0.15, -0.1) is 0 Å². The van der Waals surface area contributed by atoms with Crippen LogP contribution in [0.15, 0.2) is 42.6 Å². The fourth-order valence-corrected chi connectivity index (χ4v) is 2.72. The first-order chi connectivity index (χ1) is 9.79. The Morgan fingerprint density at radius 1 is 1.25 bits per heavy atom. The molecule has 2 aromatic rings. The van der Waals surface area contributed by atoms with E-state index in [1.54, 1.807) is 0 Å². The molecule has 1 aromatic heterocycles. The summed E-state index contributed by atoms with van der Waals surface area (Å²) in [5.74, 6) is 0.929. The molecule has 3 rings (SSSR count). The molecule has 4 nitrogen and oxygen atoms in total. The molecular weight excluding hydrogens is 250 g/mol. The van der Waals surface area contributed by atoms with Gasteiger partial charge < -0.3 is 10.4 Å². The van der Waals surface area contributed by atoms with Gasteiger partial charge in [-0.1, -0.05) is 30.3 Å². The van der Waals surface area contributed by atoms with Crippen LogP contribution in [-0.2, 0) is 6.42 Å². The van der Waals surface area contributed by atoms with Crippen LogP contribution in [0.4, 0.5) is 5.82 Å². The number of aromatic nitrogens is 1. The van der Waals surface area contributed by atoms with Crippen LogP contribution < -0.4 is 5.32 Å². The Kier molecular flexibility index (Phi) is 3.67. The van der Waals surface area contributed by atoms with Gasteiger partial charge in [0.25, 0.3) is 0 Å². The first-order valence-corrected chi connectivity index (χ1v) is 6.89. The van der Waals surface area contributed by atoms with Gasteiger partial charge in [-0.3, -0.25) is 4.90 Å². The van der Waals surface area contributed by atoms with Crippen molar-refractivity contribution in [3.05, 3.63) is 59.3 Å². The molecule has 0 saturated carbocycles. The molecule has 1 unspecified atom stereocenters. The Bertz CT molecular complexity index is 600. The summed E-state index contributed by atoms with van der Waals surface area (Å²) in [6.07, 6.45) is 2.73. The van der Waals surface area contributed by atoms with E-state index in [-0.39, 0.29) is 12.8 Å². The predicted octanol–water partition coefficient (Wildman–Crippen LogP) is 2.02. The van der Waals surface area contributed by atoms with Gasteiger partial charge >= 0.3 is 0 Å². The first-order valence-electron chi connectivity index (χ1n) is 6.89. The molecule has 2 N–H and O–H groups in total. The molecule has 0 fully saturated rings. The molecule has 2 heterocycles. The molecule has 20 heavy (non-hydrogen) atoms. The minimum atomic E-state index is 0.0366. The molecule has 1 aliphatic heterocycles. The summed E-state index contributed by atoms with van der Waals surface area (Å²) in [5, 5.41) is 12.7. The third-order valence-electron chi connectivity index (χ3n) is 3.79. The third-order valence-corrected chi connectivity index (χ3v) is 3.79. The highest BCUT2D eigenvalue weighted by atomic mass is 16.3. The van der Waals surface area contributed by atoms with Gasteiger partial charge in [-0.2, -0.15) is 0 Å². The molecule has 0 radical (unpaired) electrons. The van der Waals surface area contributed by atoms with Gasteiger partial charge in [-0.25, -0.2) is 4.98 Å². The number of nitrogens with zero attached hydrogens (tertiary/aromatic N) is 2. The van der Waals surface area contributed by atoms with Crippen molar-refractivity contribution in [2.75, 3.05) is 25.5 Å². The second-order valence-electron chi connectivity index (χ2n) is 5.14. The first kappa shape index (κ1) is 13.1. The second-order valence-corrected chi connectivity index (χ2v) is 5.14. The van der Waals surface area contributed by atoms with Crippen LogP contribution in [0.25, 0.3) is 0 Å². The number of hydrogen-bond acceptors (Lipinski definition) is 4. The van der Waals surface area contributed by atoms with Crippen molar-refractivity contribution in [2.45, 2.75) is 12.6 Å². The molecular formula is C16H19N3O. The lowest BCUT2D eigenvalue weighted by molar-refractivity contribution is 0.192. The maximum Gasteiger partial charge on any atom is 0.130 e. The van der Waals surface area contributed by atoms with Crippen molar-refractivity contribution in [3.8, 4) is 0 Å². The highest BCUT2D eigenvalue weighted by molar-refractivity contribution is 5.52. The van der Waals surface area contributed by atoms with Gasteiger partial charge in [0.15, 0.2) is 0 Å². The molecule has 0 spiro atoms. The van der Waals surface area contributed by atoms with Crippen molar-refractivity contribution in [2.24, 2.45) is 0 Å². The number of pyridine rings is 1. The largest absolute Gasteiger partial charge is 0.395 e. The minimum absolute atomic E-state index is 0.0366. The van der Waals surface area contributed by atoms with Crippen LogP contribution in [0.2, 0.25) is 0 Å². The van der Waals surface area contributed by atoms with Crippen LogP contribution in [0.5, 0.6) is 0 Å². The zero-order valence-corrected chi connectivity index (χ0v) is 11.6. The number of aliphatic hydroxyl groups excluding tert-OH is 1. The Labute approximate surface area is 119 Å². The summed E-state index contributed by atoms with van der Waals surface area (Å²) in [6, 6.07) is 12.5. The SMILES string of the molecule is CN(CCO)C1Nc2ncccc2Cc2ccccc21. The number of fused-ring (bicyclic) bond motifs is 2. The van der Waals surface area contributed by atoms with Crippen molar-refractivity contribution >= 4 is 5.82 Å². The summed E-state index contributed by atoms with van der Waals surface area (Å²) in [5.41, 5.74) is 3.77. The zero-order valence-electron chi connectivity index (χ0n) is 11.6. The fraction of sp³-hybridized carbons (Fsp3) is 0.312. The molecule has 4 heteroatoms. The predicted molar refractivity (Wildman–Crippen MR) is 79.6 cm³/mol. The highest BCUT2D eigenvalue weighted by Gasteiger charge is 2.24. The summed E-state index contributed by atoms with van der Waals surface area (Å²) >= 11 is 0. The quantitative estimate of drug-likeness (QED) is 0.895. The highest BCUT2D eigenvalue weighted by Crippen LogP contribution is 2.31. The number of rotatable bonds is 3. The van der Waals surface area contributed by atoms with E-state index in [1.165, 1.54) is 16.7 Å². The van der Waals surface area contributed by atoms with Crippen molar-refractivity contribution < 1.29 is 5.11 Å². The Hall–Kier alpha value is -1.91. The van der Waals surface area contributed by atoms with Crippen molar-refractivity contribution in [1.29, 1.82) is 0 Å². The Morgan fingerprint density at radius 3 is 2.90 bits per heavy atom. The maximum atomic E-state index is 9.20. The Morgan fingerprint density at radius 2 is 2.05 bits per heavy atom. The molecule has 1 aliphatic rings. The number of anilines is 1. The fourth-order valence-electron chi connectivity index (χ4n) is 2.72. The molecule has 104 valence electrons. The Balaban J connectivity index is 2.05. The summed E-state index contributed by atoms with van der Waals surface area (Å²) in [6.45, 7) is 0.764. The molecule has 0 amide bonds. The van der Waals surface area contributed by atoms with Gasteiger partial charge in [-0.05, 0) is 29.8 Å². The lowest BCUT2D eigenvalue weighted by atomic mass is 10.00. The van der Waals surface area contributed by atoms with E-state index in [9.17, 15) is 5.11 Å². The number of aliphatic hydroxyl groups is 1. The van der Waals surface area contributed by atoms with E-state index in [0.717, 1.165) is 12.2 Å². The monoisotopic (exact) mass is 269 g/mol. The number of benzene rings is 1. The topological polar surface area (TPSA) is 48.4 Å². The minimum Gasteiger partial charge on any atom is -0.395 e. The van der Waals surface area contributed by atoms with Crippen LogP contribution in [0, 0.1) is 0 Å². The zero-order chi connectivity index (χ0) is 13.9. The number of nitrogens with one attached hydrogen (secondary N) is 1. The lowest BCUT2D eigenvalue weighted by Gasteiger charge is -2.29. The van der Waals surface area contributed by atoms with Crippen LogP contribution in [0.1, 0.15) is 22.9 Å². The molecule has 0 bridgehead atoms. The van der Waals surface area contributed by atoms with E-state index >= 15 is 0 Å². The van der Waals surface area contributed by atoms with Crippen LogP contribution in [-0.4, -0.2) is 35.2 Å².